The Labute approximate surface area is 121 Å². The van der Waals surface area contributed by atoms with E-state index in [1.165, 1.54) is 0 Å². The minimum absolute atomic E-state index is 0.00648. The molecule has 104 valence electrons. The predicted molar refractivity (Wildman–Crippen MR) is 76.4 cm³/mol. The molecule has 0 aliphatic carbocycles. The first-order chi connectivity index (χ1) is 9.08. The molecule has 0 spiro atoms. The molecule has 3 aliphatic heterocycles. The van der Waals surface area contributed by atoms with Gasteiger partial charge in [-0.25, -0.2) is 0 Å². The van der Waals surface area contributed by atoms with Crippen LogP contribution in [0.2, 0.25) is 0 Å². The molecule has 0 radical (unpaired) electrons. The van der Waals surface area contributed by atoms with Gasteiger partial charge in [0, 0.05) is 38.8 Å². The molecule has 3 saturated heterocycles. The lowest BCUT2D eigenvalue weighted by Gasteiger charge is -2.46. The van der Waals surface area contributed by atoms with Crippen LogP contribution in [0.4, 0.5) is 0 Å². The van der Waals surface area contributed by atoms with Crippen LogP contribution in [0.1, 0.15) is 30.4 Å². The number of aromatic nitrogens is 2. The highest BCUT2D eigenvalue weighted by atomic mass is 79.9. The lowest BCUT2D eigenvalue weighted by molar-refractivity contribution is 0.0152. The zero-order valence-electron chi connectivity index (χ0n) is 11.3. The van der Waals surface area contributed by atoms with Gasteiger partial charge < -0.3 is 0 Å². The number of carbonyl (C=O) groups excluding carboxylic acids is 1. The smallest absolute Gasteiger partial charge is 0.200 e. The van der Waals surface area contributed by atoms with Crippen molar-refractivity contribution in [1.29, 1.82) is 0 Å². The van der Waals surface area contributed by atoms with Crippen molar-refractivity contribution >= 4 is 21.7 Å². The third-order valence-corrected chi connectivity index (χ3v) is 4.64. The van der Waals surface area contributed by atoms with Crippen molar-refractivity contribution in [3.8, 4) is 0 Å². The van der Waals surface area contributed by atoms with Crippen molar-refractivity contribution in [1.82, 2.24) is 19.6 Å². The van der Waals surface area contributed by atoms with Crippen LogP contribution < -0.4 is 0 Å². The molecule has 1 atom stereocenters. The van der Waals surface area contributed by atoms with E-state index in [-0.39, 0.29) is 17.9 Å². The summed E-state index contributed by atoms with van der Waals surface area (Å²) < 4.78 is 2.63. The van der Waals surface area contributed by atoms with Crippen molar-refractivity contribution in [2.24, 2.45) is 0 Å². The van der Waals surface area contributed by atoms with Crippen LogP contribution in [0.3, 0.4) is 0 Å². The van der Waals surface area contributed by atoms with Gasteiger partial charge in [-0.15, -0.1) is 0 Å². The summed E-state index contributed by atoms with van der Waals surface area (Å²) in [6.45, 7) is 9.14. The van der Waals surface area contributed by atoms with Gasteiger partial charge in [-0.2, -0.15) is 5.10 Å². The number of piperazine rings is 3. The Balaban J connectivity index is 1.90. The van der Waals surface area contributed by atoms with E-state index < -0.39 is 0 Å². The largest absolute Gasteiger partial charge is 0.299 e. The minimum Gasteiger partial charge on any atom is -0.299 e. The second-order valence-corrected chi connectivity index (χ2v) is 6.45. The van der Waals surface area contributed by atoms with Crippen LogP contribution in [-0.2, 0) is 0 Å². The van der Waals surface area contributed by atoms with Gasteiger partial charge in [-0.05, 0) is 29.8 Å². The van der Waals surface area contributed by atoms with Gasteiger partial charge in [0.2, 0.25) is 0 Å². The number of carbonyl (C=O) groups is 1. The average Bonchev–Trinajstić information content (AvgIpc) is 2.81. The standard InChI is InChI=1S/C13H19BrN4O/c1-9(2)18-12(10(14)7-15-18)13(19)11-8-16-3-5-17(11)6-4-16/h7,9,11H,3-6,8H2,1-2H3. The number of hydrogen-bond donors (Lipinski definition) is 0. The summed E-state index contributed by atoms with van der Waals surface area (Å²) in [6.07, 6.45) is 1.73. The highest BCUT2D eigenvalue weighted by molar-refractivity contribution is 9.10. The third kappa shape index (κ3) is 2.26. The van der Waals surface area contributed by atoms with Gasteiger partial charge >= 0.3 is 0 Å². The number of nitrogens with zero attached hydrogens (tertiary/aromatic N) is 4. The number of fused-ring (bicyclic) bond motifs is 3. The van der Waals surface area contributed by atoms with Gasteiger partial charge in [0.05, 0.1) is 16.7 Å². The van der Waals surface area contributed by atoms with Gasteiger partial charge in [-0.1, -0.05) is 0 Å². The van der Waals surface area contributed by atoms with Crippen LogP contribution in [0, 0.1) is 0 Å². The maximum absolute atomic E-state index is 12.8. The molecule has 0 amide bonds. The van der Waals surface area contributed by atoms with Crippen molar-refractivity contribution in [2.75, 3.05) is 32.7 Å². The van der Waals surface area contributed by atoms with Crippen LogP contribution in [0.25, 0.3) is 0 Å². The zero-order valence-corrected chi connectivity index (χ0v) is 12.9. The number of hydrogen-bond acceptors (Lipinski definition) is 4. The number of halogens is 1. The normalized spacial score (nSPS) is 30.0. The fourth-order valence-electron chi connectivity index (χ4n) is 2.99. The molecule has 1 aromatic heterocycles. The van der Waals surface area contributed by atoms with Gasteiger partial charge in [-0.3, -0.25) is 19.3 Å². The Morgan fingerprint density at radius 2 is 2.05 bits per heavy atom. The molecule has 19 heavy (non-hydrogen) atoms. The molecular weight excluding hydrogens is 308 g/mol. The number of Topliss-reactive ketones (excluding diaryl/α,β-unsaturated/α-hetero) is 1. The molecule has 4 heterocycles. The molecule has 4 rings (SSSR count). The SMILES string of the molecule is CC(C)n1ncc(Br)c1C(=O)C1CN2CCN1CC2. The molecule has 5 nitrogen and oxygen atoms in total. The highest BCUT2D eigenvalue weighted by Gasteiger charge is 2.38. The summed E-state index contributed by atoms with van der Waals surface area (Å²) in [6, 6.07) is 0.189. The van der Waals surface area contributed by atoms with Crippen molar-refractivity contribution in [3.63, 3.8) is 0 Å². The molecule has 3 fully saturated rings. The van der Waals surface area contributed by atoms with E-state index in [9.17, 15) is 4.79 Å². The monoisotopic (exact) mass is 326 g/mol. The number of rotatable bonds is 3. The van der Waals surface area contributed by atoms with E-state index in [4.69, 9.17) is 0 Å². The second kappa shape index (κ2) is 5.00. The summed E-state index contributed by atoms with van der Waals surface area (Å²) in [7, 11) is 0. The summed E-state index contributed by atoms with van der Waals surface area (Å²) in [5.41, 5.74) is 0.716. The first-order valence-electron chi connectivity index (χ1n) is 6.81. The van der Waals surface area contributed by atoms with Crippen molar-refractivity contribution in [2.45, 2.75) is 25.9 Å². The van der Waals surface area contributed by atoms with Gasteiger partial charge in [0.15, 0.2) is 5.78 Å². The van der Waals surface area contributed by atoms with Crippen LogP contribution in [0.5, 0.6) is 0 Å². The van der Waals surface area contributed by atoms with E-state index in [1.807, 2.05) is 18.5 Å². The van der Waals surface area contributed by atoms with Crippen LogP contribution in [0.15, 0.2) is 10.7 Å². The topological polar surface area (TPSA) is 41.4 Å². The first kappa shape index (κ1) is 13.3. The fraction of sp³-hybridized carbons (Fsp3) is 0.692. The second-order valence-electron chi connectivity index (χ2n) is 5.60. The summed E-state index contributed by atoms with van der Waals surface area (Å²) in [5, 5.41) is 4.31. The Kier molecular flexibility index (Phi) is 3.49. The molecule has 0 N–H and O–H groups in total. The molecular formula is C13H19BrN4O. The van der Waals surface area contributed by atoms with E-state index in [2.05, 4.69) is 30.8 Å². The van der Waals surface area contributed by atoms with E-state index in [0.717, 1.165) is 37.2 Å². The molecule has 3 aliphatic rings. The zero-order chi connectivity index (χ0) is 13.6. The molecule has 1 unspecified atom stereocenters. The maximum atomic E-state index is 12.8. The van der Waals surface area contributed by atoms with Crippen LogP contribution >= 0.6 is 15.9 Å². The summed E-state index contributed by atoms with van der Waals surface area (Å²) >= 11 is 3.47. The van der Waals surface area contributed by atoms with E-state index >= 15 is 0 Å². The lowest BCUT2D eigenvalue weighted by atomic mass is 10.0. The Morgan fingerprint density at radius 3 is 2.58 bits per heavy atom. The third-order valence-electron chi connectivity index (χ3n) is 4.05. The number of ketones is 1. The fourth-order valence-corrected chi connectivity index (χ4v) is 3.46. The van der Waals surface area contributed by atoms with E-state index in [0.29, 0.717) is 5.69 Å². The molecule has 2 bridgehead atoms. The quantitative estimate of drug-likeness (QED) is 0.787. The Morgan fingerprint density at radius 1 is 1.37 bits per heavy atom. The van der Waals surface area contributed by atoms with E-state index in [1.54, 1.807) is 6.20 Å². The lowest BCUT2D eigenvalue weighted by Crippen LogP contribution is -2.63. The molecule has 0 aromatic carbocycles. The van der Waals surface area contributed by atoms with Crippen LogP contribution in [-0.4, -0.2) is 64.1 Å². The summed E-state index contributed by atoms with van der Waals surface area (Å²) in [4.78, 5) is 17.5. The Bertz CT molecular complexity index is 491. The Hall–Kier alpha value is -0.720. The van der Waals surface area contributed by atoms with Crippen molar-refractivity contribution < 1.29 is 4.79 Å². The van der Waals surface area contributed by atoms with Gasteiger partial charge in [0.1, 0.15) is 5.69 Å². The summed E-state index contributed by atoms with van der Waals surface area (Å²) in [5.74, 6) is 0.197. The average molecular weight is 327 g/mol. The molecule has 6 heteroatoms. The maximum Gasteiger partial charge on any atom is 0.200 e. The molecule has 0 saturated carbocycles. The highest BCUT2D eigenvalue weighted by Crippen LogP contribution is 2.25. The van der Waals surface area contributed by atoms with Gasteiger partial charge in [0.25, 0.3) is 0 Å². The molecule has 1 aromatic rings. The predicted octanol–water partition coefficient (Wildman–Crippen LogP) is 1.41. The minimum atomic E-state index is -0.00648. The van der Waals surface area contributed by atoms with Crippen molar-refractivity contribution in [3.05, 3.63) is 16.4 Å². The first-order valence-corrected chi connectivity index (χ1v) is 7.61.